The quantitative estimate of drug-likeness (QED) is 0.326. The molecule has 2 nitrogen and oxygen atoms in total. The summed E-state index contributed by atoms with van der Waals surface area (Å²) in [4.78, 5) is 2.39. The van der Waals surface area contributed by atoms with Gasteiger partial charge >= 0.3 is 0 Å². The summed E-state index contributed by atoms with van der Waals surface area (Å²) >= 11 is 19.7. The Hall–Kier alpha value is -2.26. The molecule has 0 aromatic heterocycles. The molecule has 0 fully saturated rings. The third-order valence-electron chi connectivity index (χ3n) is 8.45. The van der Waals surface area contributed by atoms with E-state index in [0.29, 0.717) is 0 Å². The van der Waals surface area contributed by atoms with Gasteiger partial charge in [0.1, 0.15) is 6.54 Å². The molecule has 5 heteroatoms. The van der Waals surface area contributed by atoms with Gasteiger partial charge in [0.2, 0.25) is 5.69 Å². The molecule has 1 aliphatic carbocycles. The van der Waals surface area contributed by atoms with Gasteiger partial charge in [-0.1, -0.05) is 60.8 Å². The monoisotopic (exact) mass is 565 g/mol. The molecule has 0 amide bonds. The van der Waals surface area contributed by atoms with Crippen LogP contribution >= 0.6 is 34.8 Å². The van der Waals surface area contributed by atoms with Crippen LogP contribution in [0.25, 0.3) is 0 Å². The number of rotatable bonds is 5. The van der Waals surface area contributed by atoms with Crippen LogP contribution in [0.4, 0.5) is 11.4 Å². The van der Waals surface area contributed by atoms with Crippen molar-refractivity contribution in [3.63, 3.8) is 0 Å². The molecule has 38 heavy (non-hydrogen) atoms. The van der Waals surface area contributed by atoms with Gasteiger partial charge < -0.3 is 4.90 Å². The lowest BCUT2D eigenvalue weighted by Gasteiger charge is -2.26. The normalized spacial score (nSPS) is 22.0. The molecule has 0 spiro atoms. The molecule has 2 heterocycles. The number of likely N-dealkylation sites (N-methyl/N-ethyl adjacent to an activating group) is 1. The van der Waals surface area contributed by atoms with Crippen molar-refractivity contribution in [2.24, 2.45) is 0 Å². The molecule has 0 N–H and O–H groups in total. The van der Waals surface area contributed by atoms with Gasteiger partial charge in [-0.2, -0.15) is 4.58 Å². The van der Waals surface area contributed by atoms with Crippen LogP contribution in [0.5, 0.6) is 0 Å². The van der Waals surface area contributed by atoms with Crippen molar-refractivity contribution in [3.8, 4) is 0 Å². The Labute approximate surface area is 242 Å². The molecular formula is C33H36Cl3N2+. The summed E-state index contributed by atoms with van der Waals surface area (Å²) in [7, 11) is 0. The summed E-state index contributed by atoms with van der Waals surface area (Å²) < 4.78 is 2.39. The van der Waals surface area contributed by atoms with E-state index < -0.39 is 0 Å². The molecule has 5 rings (SSSR count). The number of nitrogens with zero attached hydrogens (tertiary/aromatic N) is 2. The van der Waals surface area contributed by atoms with E-state index in [9.17, 15) is 0 Å². The van der Waals surface area contributed by atoms with Gasteiger partial charge in [0.25, 0.3) is 0 Å². The Morgan fingerprint density at radius 3 is 2.21 bits per heavy atom. The van der Waals surface area contributed by atoms with Crippen LogP contribution in [0.3, 0.4) is 0 Å². The maximum Gasteiger partial charge on any atom is 0.209 e. The zero-order valence-electron chi connectivity index (χ0n) is 23.1. The van der Waals surface area contributed by atoms with Crippen LogP contribution in [0.1, 0.15) is 65.5 Å². The van der Waals surface area contributed by atoms with Gasteiger partial charge in [-0.05, 0) is 93.7 Å². The second-order valence-corrected chi connectivity index (χ2v) is 12.6. The first-order chi connectivity index (χ1) is 18.0. The molecule has 2 aromatic rings. The van der Waals surface area contributed by atoms with Crippen LogP contribution in [-0.4, -0.2) is 23.4 Å². The molecule has 0 saturated heterocycles. The number of benzene rings is 2. The molecule has 198 valence electrons. The van der Waals surface area contributed by atoms with Crippen molar-refractivity contribution >= 4 is 51.9 Å². The first-order valence-electron chi connectivity index (χ1n) is 13.5. The highest BCUT2D eigenvalue weighted by Crippen LogP contribution is 2.49. The maximum absolute atomic E-state index is 6.98. The van der Waals surface area contributed by atoms with Crippen LogP contribution in [-0.2, 0) is 10.8 Å². The fourth-order valence-electron chi connectivity index (χ4n) is 6.34. The number of allylic oxidation sites excluding steroid dienone is 8. The predicted molar refractivity (Wildman–Crippen MR) is 165 cm³/mol. The fourth-order valence-corrected chi connectivity index (χ4v) is 7.00. The van der Waals surface area contributed by atoms with Crippen molar-refractivity contribution in [1.29, 1.82) is 0 Å². The summed E-state index contributed by atoms with van der Waals surface area (Å²) in [5.74, 6) is 0. The van der Waals surface area contributed by atoms with E-state index in [2.05, 4.69) is 99.6 Å². The summed E-state index contributed by atoms with van der Waals surface area (Å²) in [6.07, 6.45) is 10.9. The first-order valence-corrected chi connectivity index (χ1v) is 14.6. The minimum Gasteiger partial charge on any atom is -0.344 e. The predicted octanol–water partition coefficient (Wildman–Crippen LogP) is 9.86. The minimum absolute atomic E-state index is 0.128. The average molecular weight is 567 g/mol. The highest BCUT2D eigenvalue weighted by molar-refractivity contribution is 6.33. The van der Waals surface area contributed by atoms with E-state index in [1.54, 1.807) is 0 Å². The SMILES string of the molecule is CCN1C(=CC=C2CCC(C=CC3=[N+](CC)c4ccc(Cl)cc4C3(C)C)=C2Cl)C(C)(C)c2cc(Cl)ccc21. The van der Waals surface area contributed by atoms with Crippen molar-refractivity contribution in [2.75, 3.05) is 18.0 Å². The van der Waals surface area contributed by atoms with E-state index in [1.807, 2.05) is 12.1 Å². The zero-order valence-corrected chi connectivity index (χ0v) is 25.4. The Bertz CT molecular complexity index is 1470. The molecule has 0 unspecified atom stereocenters. The van der Waals surface area contributed by atoms with E-state index in [1.165, 1.54) is 45.1 Å². The second-order valence-electron chi connectivity index (χ2n) is 11.4. The third kappa shape index (κ3) is 4.39. The first kappa shape index (κ1) is 27.3. The van der Waals surface area contributed by atoms with E-state index in [-0.39, 0.29) is 10.8 Å². The van der Waals surface area contributed by atoms with Crippen LogP contribution in [0.15, 0.2) is 82.6 Å². The van der Waals surface area contributed by atoms with Gasteiger partial charge in [0.05, 0.1) is 5.41 Å². The molecule has 3 aliphatic rings. The second kappa shape index (κ2) is 10.0. The van der Waals surface area contributed by atoms with Crippen LogP contribution < -0.4 is 4.90 Å². The van der Waals surface area contributed by atoms with Gasteiger partial charge in [-0.3, -0.25) is 0 Å². The lowest BCUT2D eigenvalue weighted by Crippen LogP contribution is -2.27. The Morgan fingerprint density at radius 1 is 0.842 bits per heavy atom. The topological polar surface area (TPSA) is 6.25 Å². The zero-order chi connectivity index (χ0) is 27.4. The van der Waals surface area contributed by atoms with E-state index >= 15 is 0 Å². The molecule has 0 bridgehead atoms. The number of halogens is 3. The van der Waals surface area contributed by atoms with Gasteiger partial charge in [0.15, 0.2) is 5.71 Å². The molecule has 2 aliphatic heterocycles. The molecule has 0 atom stereocenters. The fraction of sp³-hybridized carbons (Fsp3) is 0.364. The highest BCUT2D eigenvalue weighted by atomic mass is 35.5. The Balaban J connectivity index is 1.46. The summed E-state index contributed by atoms with van der Waals surface area (Å²) in [6, 6.07) is 12.4. The third-order valence-corrected chi connectivity index (χ3v) is 9.41. The summed E-state index contributed by atoms with van der Waals surface area (Å²) in [6.45, 7) is 15.3. The van der Waals surface area contributed by atoms with Crippen LogP contribution in [0.2, 0.25) is 10.0 Å². The standard InChI is InChI=1S/C33H36Cl3N2/c1-7-37-27-15-13-23(34)19-25(27)32(3,4)29(37)17-11-21-9-10-22(31(21)36)12-18-30-33(5,6)26-20-24(35)14-16-28(26)38(30)8-2/h11-20H,7-10H2,1-6H3/q+1. The lowest BCUT2D eigenvalue weighted by atomic mass is 9.81. The maximum atomic E-state index is 6.98. The van der Waals surface area contributed by atoms with Crippen molar-refractivity contribution in [3.05, 3.63) is 104 Å². The van der Waals surface area contributed by atoms with Crippen LogP contribution in [0, 0.1) is 0 Å². The van der Waals surface area contributed by atoms with Gasteiger partial charge in [-0.25, -0.2) is 0 Å². The molecule has 2 aromatic carbocycles. The van der Waals surface area contributed by atoms with Crippen molar-refractivity contribution in [2.45, 2.75) is 65.2 Å². The van der Waals surface area contributed by atoms with E-state index in [0.717, 1.165) is 41.0 Å². The Morgan fingerprint density at radius 2 is 1.53 bits per heavy atom. The highest BCUT2D eigenvalue weighted by Gasteiger charge is 2.44. The van der Waals surface area contributed by atoms with Crippen molar-refractivity contribution < 1.29 is 4.58 Å². The van der Waals surface area contributed by atoms with Gasteiger partial charge in [0, 0.05) is 56.1 Å². The Kier molecular flexibility index (Phi) is 7.22. The summed E-state index contributed by atoms with van der Waals surface area (Å²) in [5.41, 5.74) is 9.70. The molecule has 0 saturated carbocycles. The summed E-state index contributed by atoms with van der Waals surface area (Å²) in [5, 5.41) is 2.43. The largest absolute Gasteiger partial charge is 0.344 e. The molecule has 0 radical (unpaired) electrons. The lowest BCUT2D eigenvalue weighted by molar-refractivity contribution is -0.433. The molecular weight excluding hydrogens is 531 g/mol. The average Bonchev–Trinajstić information content (AvgIpc) is 3.41. The van der Waals surface area contributed by atoms with Crippen molar-refractivity contribution in [1.82, 2.24) is 0 Å². The number of hydrogen-bond donors (Lipinski definition) is 0. The smallest absolute Gasteiger partial charge is 0.209 e. The number of anilines is 1. The van der Waals surface area contributed by atoms with Gasteiger partial charge in [-0.15, -0.1) is 0 Å². The number of hydrogen-bond acceptors (Lipinski definition) is 1. The van der Waals surface area contributed by atoms with E-state index in [4.69, 9.17) is 34.8 Å². The number of fused-ring (bicyclic) bond motifs is 2. The minimum atomic E-state index is -0.128.